The summed E-state index contributed by atoms with van der Waals surface area (Å²) in [5.41, 5.74) is 2.46. The number of aromatic amines is 1. The molecule has 0 aliphatic heterocycles. The average Bonchev–Trinajstić information content (AvgIpc) is 2.88. The van der Waals surface area contributed by atoms with Crippen LogP contribution in [0.25, 0.3) is 0 Å². The molecule has 2 rings (SSSR count). The van der Waals surface area contributed by atoms with Gasteiger partial charge in [0.15, 0.2) is 5.69 Å². The van der Waals surface area contributed by atoms with Crippen molar-refractivity contribution in [3.05, 3.63) is 17.0 Å². The van der Waals surface area contributed by atoms with E-state index in [2.05, 4.69) is 10.2 Å². The molecular formula is C13H21N3O2. The summed E-state index contributed by atoms with van der Waals surface area (Å²) in [5, 5.41) is 7.15. The number of hydrogen-bond acceptors (Lipinski definition) is 3. The third-order valence-electron chi connectivity index (χ3n) is 3.72. The minimum Gasteiger partial charge on any atom is -0.382 e. The second-order valence-corrected chi connectivity index (χ2v) is 5.49. The largest absolute Gasteiger partial charge is 0.382 e. The van der Waals surface area contributed by atoms with E-state index in [0.29, 0.717) is 12.3 Å². The Balaban J connectivity index is 2.21. The predicted molar refractivity (Wildman–Crippen MR) is 68.7 cm³/mol. The number of hydrogen-bond donors (Lipinski definition) is 1. The van der Waals surface area contributed by atoms with Gasteiger partial charge in [0.05, 0.1) is 12.1 Å². The van der Waals surface area contributed by atoms with Crippen LogP contribution in [0.5, 0.6) is 0 Å². The molecular weight excluding hydrogens is 230 g/mol. The quantitative estimate of drug-likeness (QED) is 0.880. The summed E-state index contributed by atoms with van der Waals surface area (Å²) < 4.78 is 5.17. The van der Waals surface area contributed by atoms with E-state index >= 15 is 0 Å². The van der Waals surface area contributed by atoms with Crippen molar-refractivity contribution >= 4 is 5.91 Å². The fourth-order valence-corrected chi connectivity index (χ4v) is 2.38. The molecule has 0 bridgehead atoms. The van der Waals surface area contributed by atoms with Gasteiger partial charge in [0.25, 0.3) is 5.91 Å². The van der Waals surface area contributed by atoms with Crippen molar-refractivity contribution in [1.82, 2.24) is 15.1 Å². The normalized spacial score (nSPS) is 14.7. The summed E-state index contributed by atoms with van der Waals surface area (Å²) in [5.74, 6) is -0.0311. The monoisotopic (exact) mass is 251 g/mol. The number of carbonyl (C=O) groups is 1. The second-order valence-electron chi connectivity index (χ2n) is 5.49. The Hall–Kier alpha value is -1.36. The fraction of sp³-hybridized carbons (Fsp3) is 0.692. The topological polar surface area (TPSA) is 58.2 Å². The molecule has 0 spiro atoms. The average molecular weight is 251 g/mol. The molecule has 0 radical (unpaired) electrons. The lowest BCUT2D eigenvalue weighted by Gasteiger charge is -2.34. The summed E-state index contributed by atoms with van der Waals surface area (Å²) in [7, 11) is 3.45. The molecule has 0 fully saturated rings. The highest BCUT2D eigenvalue weighted by Gasteiger charge is 2.32. The van der Waals surface area contributed by atoms with Gasteiger partial charge in [-0.2, -0.15) is 5.10 Å². The van der Waals surface area contributed by atoms with Crippen LogP contribution in [0.1, 0.15) is 42.0 Å². The van der Waals surface area contributed by atoms with E-state index in [1.54, 1.807) is 19.1 Å². The molecule has 1 amide bonds. The van der Waals surface area contributed by atoms with Crippen LogP contribution in [0.15, 0.2) is 0 Å². The lowest BCUT2D eigenvalue weighted by atomic mass is 10.0. The molecule has 1 aliphatic rings. The van der Waals surface area contributed by atoms with Gasteiger partial charge in [0.2, 0.25) is 0 Å². The summed E-state index contributed by atoms with van der Waals surface area (Å²) >= 11 is 0. The maximum absolute atomic E-state index is 12.5. The number of aryl methyl sites for hydroxylation is 1. The Bertz CT molecular complexity index is 451. The molecule has 1 heterocycles. The third-order valence-corrected chi connectivity index (χ3v) is 3.72. The van der Waals surface area contributed by atoms with Gasteiger partial charge >= 0.3 is 0 Å². The zero-order valence-electron chi connectivity index (χ0n) is 11.5. The summed E-state index contributed by atoms with van der Waals surface area (Å²) in [6.07, 6.45) is 3.06. The van der Waals surface area contributed by atoms with Gasteiger partial charge in [-0.3, -0.25) is 9.89 Å². The van der Waals surface area contributed by atoms with Crippen molar-refractivity contribution in [2.75, 3.05) is 20.8 Å². The van der Waals surface area contributed by atoms with Crippen LogP contribution in [0.2, 0.25) is 0 Å². The first-order chi connectivity index (χ1) is 8.47. The number of likely N-dealkylation sites (N-methyl/N-ethyl adjacent to an activating group) is 1. The Kier molecular flexibility index (Phi) is 3.43. The SMILES string of the molecule is COCC(C)(C)N(C)C(=O)c1n[nH]c2c1CCC2. The fourth-order valence-electron chi connectivity index (χ4n) is 2.38. The molecule has 1 N–H and O–H groups in total. The Morgan fingerprint density at radius 3 is 2.89 bits per heavy atom. The first-order valence-corrected chi connectivity index (χ1v) is 6.30. The van der Waals surface area contributed by atoms with Gasteiger partial charge in [0.1, 0.15) is 0 Å². The zero-order chi connectivity index (χ0) is 13.3. The van der Waals surface area contributed by atoms with E-state index < -0.39 is 0 Å². The highest BCUT2D eigenvalue weighted by atomic mass is 16.5. The van der Waals surface area contributed by atoms with Crippen molar-refractivity contribution < 1.29 is 9.53 Å². The molecule has 5 heteroatoms. The first kappa shape index (κ1) is 13.1. The van der Waals surface area contributed by atoms with E-state index in [-0.39, 0.29) is 11.4 Å². The van der Waals surface area contributed by atoms with Gasteiger partial charge in [0, 0.05) is 25.4 Å². The molecule has 1 aliphatic carbocycles. The Morgan fingerprint density at radius 2 is 2.22 bits per heavy atom. The van der Waals surface area contributed by atoms with Crippen LogP contribution in [0.4, 0.5) is 0 Å². The van der Waals surface area contributed by atoms with E-state index in [1.165, 1.54) is 0 Å². The van der Waals surface area contributed by atoms with Crippen molar-refractivity contribution in [3.8, 4) is 0 Å². The lowest BCUT2D eigenvalue weighted by molar-refractivity contribution is 0.0361. The highest BCUT2D eigenvalue weighted by molar-refractivity contribution is 5.94. The smallest absolute Gasteiger partial charge is 0.274 e. The first-order valence-electron chi connectivity index (χ1n) is 6.30. The van der Waals surface area contributed by atoms with Crippen molar-refractivity contribution in [1.29, 1.82) is 0 Å². The van der Waals surface area contributed by atoms with Gasteiger partial charge in [-0.15, -0.1) is 0 Å². The maximum Gasteiger partial charge on any atom is 0.274 e. The Labute approximate surface area is 108 Å². The highest BCUT2D eigenvalue weighted by Crippen LogP contribution is 2.25. The molecule has 5 nitrogen and oxygen atoms in total. The summed E-state index contributed by atoms with van der Waals surface area (Å²) in [4.78, 5) is 14.2. The van der Waals surface area contributed by atoms with Crippen LogP contribution in [-0.2, 0) is 17.6 Å². The molecule has 1 aromatic rings. The van der Waals surface area contributed by atoms with Gasteiger partial charge in [-0.1, -0.05) is 0 Å². The third kappa shape index (κ3) is 2.14. The molecule has 18 heavy (non-hydrogen) atoms. The molecule has 0 saturated heterocycles. The Morgan fingerprint density at radius 1 is 1.50 bits per heavy atom. The number of nitrogens with one attached hydrogen (secondary N) is 1. The van der Waals surface area contributed by atoms with Crippen molar-refractivity contribution in [2.24, 2.45) is 0 Å². The van der Waals surface area contributed by atoms with Gasteiger partial charge in [-0.05, 0) is 33.1 Å². The molecule has 0 atom stereocenters. The van der Waals surface area contributed by atoms with E-state index in [9.17, 15) is 4.79 Å². The number of fused-ring (bicyclic) bond motifs is 1. The number of nitrogens with zero attached hydrogens (tertiary/aromatic N) is 2. The van der Waals surface area contributed by atoms with E-state index in [1.807, 2.05) is 13.8 Å². The molecule has 0 unspecified atom stereocenters. The van der Waals surface area contributed by atoms with Gasteiger partial charge < -0.3 is 9.64 Å². The zero-order valence-corrected chi connectivity index (χ0v) is 11.5. The second kappa shape index (κ2) is 4.72. The van der Waals surface area contributed by atoms with Crippen molar-refractivity contribution in [3.63, 3.8) is 0 Å². The minimum absolute atomic E-state index is 0.0311. The van der Waals surface area contributed by atoms with Crippen molar-refractivity contribution in [2.45, 2.75) is 38.6 Å². The minimum atomic E-state index is -0.337. The van der Waals surface area contributed by atoms with Gasteiger partial charge in [-0.25, -0.2) is 0 Å². The number of amides is 1. The van der Waals surface area contributed by atoms with E-state index in [4.69, 9.17) is 4.74 Å². The maximum atomic E-state index is 12.5. The standard InChI is InChI=1S/C13H21N3O2/c1-13(2,8-18-4)16(3)12(17)11-9-6-5-7-10(9)14-15-11/h5-8H2,1-4H3,(H,14,15). The molecule has 0 saturated carbocycles. The summed E-state index contributed by atoms with van der Waals surface area (Å²) in [6.45, 7) is 4.48. The number of carbonyl (C=O) groups excluding carboxylic acids is 1. The van der Waals surface area contributed by atoms with Crippen LogP contribution >= 0.6 is 0 Å². The number of H-pyrrole nitrogens is 1. The summed E-state index contributed by atoms with van der Waals surface area (Å²) in [6, 6.07) is 0. The number of aromatic nitrogens is 2. The van der Waals surface area contributed by atoms with Crippen LogP contribution in [0, 0.1) is 0 Å². The predicted octanol–water partition coefficient (Wildman–Crippen LogP) is 1.40. The van der Waals surface area contributed by atoms with Crippen LogP contribution < -0.4 is 0 Å². The molecule has 1 aromatic heterocycles. The van der Waals surface area contributed by atoms with Crippen LogP contribution in [0.3, 0.4) is 0 Å². The van der Waals surface area contributed by atoms with Crippen LogP contribution in [-0.4, -0.2) is 47.3 Å². The lowest BCUT2D eigenvalue weighted by Crippen LogP contribution is -2.48. The molecule has 100 valence electrons. The number of rotatable bonds is 4. The number of ether oxygens (including phenoxy) is 1. The number of methoxy groups -OCH3 is 1. The molecule has 0 aromatic carbocycles. The van der Waals surface area contributed by atoms with E-state index in [0.717, 1.165) is 30.5 Å².